The fraction of sp³-hybridized carbons (Fsp3) is 0.333. The lowest BCUT2D eigenvalue weighted by Gasteiger charge is -2.37. The highest BCUT2D eigenvalue weighted by atomic mass is 35.5. The molecule has 0 heterocycles. The van der Waals surface area contributed by atoms with Gasteiger partial charge in [0, 0.05) is 21.7 Å². The van der Waals surface area contributed by atoms with Crippen LogP contribution in [0.15, 0.2) is 84.9 Å². The molecule has 0 fully saturated rings. The number of amides is 1. The third-order valence-corrected chi connectivity index (χ3v) is 6.26. The predicted molar refractivity (Wildman–Crippen MR) is 143 cm³/mol. The van der Waals surface area contributed by atoms with Crippen LogP contribution in [0, 0.1) is 5.92 Å². The van der Waals surface area contributed by atoms with E-state index >= 15 is 0 Å². The number of carbonyl (C=O) groups is 2. The lowest BCUT2D eigenvalue weighted by atomic mass is 9.80. The van der Waals surface area contributed by atoms with Crippen molar-refractivity contribution >= 4 is 23.7 Å². The Balaban J connectivity index is 2.14. The second-order valence-electron chi connectivity index (χ2n) is 9.85. The monoisotopic (exact) mass is 507 g/mol. The van der Waals surface area contributed by atoms with E-state index in [-0.39, 0.29) is 5.92 Å². The summed E-state index contributed by atoms with van der Waals surface area (Å²) in [5, 5.41) is 3.33. The zero-order valence-electron chi connectivity index (χ0n) is 21.5. The van der Waals surface area contributed by atoms with Crippen molar-refractivity contribution in [1.82, 2.24) is 5.32 Å². The van der Waals surface area contributed by atoms with Gasteiger partial charge in [-0.3, -0.25) is 0 Å². The van der Waals surface area contributed by atoms with Crippen LogP contribution in [0.4, 0.5) is 4.79 Å². The molecule has 3 aromatic carbocycles. The van der Waals surface area contributed by atoms with Gasteiger partial charge in [-0.1, -0.05) is 105 Å². The lowest BCUT2D eigenvalue weighted by Crippen LogP contribution is -2.50. The van der Waals surface area contributed by atoms with Crippen molar-refractivity contribution in [2.45, 2.75) is 58.3 Å². The first-order chi connectivity index (χ1) is 17.1. The molecule has 6 heteroatoms. The molecule has 0 radical (unpaired) electrons. The molecule has 0 aliphatic rings. The number of hydrogen-bond acceptors (Lipinski definition) is 4. The number of rotatable bonds is 8. The minimum absolute atomic E-state index is 0.195. The summed E-state index contributed by atoms with van der Waals surface area (Å²) in [5.74, 6) is -0.752. The van der Waals surface area contributed by atoms with Gasteiger partial charge < -0.3 is 14.8 Å². The van der Waals surface area contributed by atoms with E-state index in [4.69, 9.17) is 21.1 Å². The van der Waals surface area contributed by atoms with Gasteiger partial charge in [-0.15, -0.1) is 0 Å². The molecule has 5 nitrogen and oxygen atoms in total. The second-order valence-corrected chi connectivity index (χ2v) is 10.3. The van der Waals surface area contributed by atoms with Gasteiger partial charge in [-0.2, -0.15) is 0 Å². The van der Waals surface area contributed by atoms with E-state index in [9.17, 15) is 9.59 Å². The summed E-state index contributed by atoms with van der Waals surface area (Å²) in [6.07, 6.45) is -0.0125. The lowest BCUT2D eigenvalue weighted by molar-refractivity contribution is -0.157. The maximum absolute atomic E-state index is 13.9. The third-order valence-electron chi connectivity index (χ3n) is 6.00. The molecule has 0 aromatic heterocycles. The molecule has 190 valence electrons. The van der Waals surface area contributed by atoms with E-state index in [1.165, 1.54) is 0 Å². The quantitative estimate of drug-likeness (QED) is 0.260. The molecule has 0 aliphatic carbocycles. The van der Waals surface area contributed by atoms with Crippen LogP contribution in [0.1, 0.15) is 57.7 Å². The normalized spacial score (nSPS) is 13.4. The van der Waals surface area contributed by atoms with Crippen LogP contribution in [-0.2, 0) is 19.9 Å². The van der Waals surface area contributed by atoms with Gasteiger partial charge in [0.05, 0.1) is 0 Å². The molecular weight excluding hydrogens is 474 g/mol. The fourth-order valence-corrected chi connectivity index (χ4v) is 4.15. The summed E-state index contributed by atoms with van der Waals surface area (Å²) in [6.45, 7) is 9.19. The zero-order valence-corrected chi connectivity index (χ0v) is 22.2. The van der Waals surface area contributed by atoms with Crippen molar-refractivity contribution in [3.63, 3.8) is 0 Å². The molecule has 0 spiro atoms. The van der Waals surface area contributed by atoms with Crippen LogP contribution >= 0.6 is 11.6 Å². The number of alkyl carbamates (subject to hydrolysis) is 1. The number of carbonyl (C=O) groups excluding carboxylic acids is 2. The van der Waals surface area contributed by atoms with Crippen molar-refractivity contribution in [3.8, 4) is 0 Å². The smallest absolute Gasteiger partial charge is 0.408 e. The minimum atomic E-state index is -1.27. The van der Waals surface area contributed by atoms with E-state index in [0.29, 0.717) is 11.4 Å². The minimum Gasteiger partial charge on any atom is -0.444 e. The number of esters is 1. The molecule has 0 bridgehead atoms. The molecule has 2 atom stereocenters. The Labute approximate surface area is 218 Å². The highest BCUT2D eigenvalue weighted by Crippen LogP contribution is 2.41. The Kier molecular flexibility index (Phi) is 8.80. The Hall–Kier alpha value is -3.31. The van der Waals surface area contributed by atoms with E-state index in [1.807, 2.05) is 86.6 Å². The SMILES string of the molecule is CC[C@H](C)[C@H](NC(=O)OC(C)(C)C)C(=O)OC(c1ccccc1)(c1ccccc1)c1ccc(Cl)cc1. The fourth-order valence-electron chi connectivity index (χ4n) is 4.03. The van der Waals surface area contributed by atoms with Crippen molar-refractivity contribution in [2.75, 3.05) is 0 Å². The first-order valence-electron chi connectivity index (χ1n) is 12.2. The van der Waals surface area contributed by atoms with Gasteiger partial charge in [-0.05, 0) is 38.8 Å². The summed E-state index contributed by atoms with van der Waals surface area (Å²) < 4.78 is 11.9. The first kappa shape index (κ1) is 27.3. The predicted octanol–water partition coefficient (Wildman–Crippen LogP) is 7.11. The summed E-state index contributed by atoms with van der Waals surface area (Å²) in [4.78, 5) is 26.6. The Bertz CT molecular complexity index is 1100. The van der Waals surface area contributed by atoms with Crippen molar-refractivity contribution < 1.29 is 19.1 Å². The van der Waals surface area contributed by atoms with E-state index in [0.717, 1.165) is 16.7 Å². The molecule has 0 saturated carbocycles. The Morgan fingerprint density at radius 2 is 1.28 bits per heavy atom. The molecular formula is C30H34ClNO4. The van der Waals surface area contributed by atoms with E-state index in [1.54, 1.807) is 32.9 Å². The van der Waals surface area contributed by atoms with Crippen molar-refractivity contribution in [3.05, 3.63) is 107 Å². The van der Waals surface area contributed by atoms with Gasteiger partial charge in [0.2, 0.25) is 0 Å². The second kappa shape index (κ2) is 11.6. The average Bonchev–Trinajstić information content (AvgIpc) is 2.86. The summed E-state index contributed by atoms with van der Waals surface area (Å²) in [7, 11) is 0. The number of ether oxygens (including phenoxy) is 2. The van der Waals surface area contributed by atoms with Crippen LogP contribution in [0.3, 0.4) is 0 Å². The van der Waals surface area contributed by atoms with Crippen LogP contribution in [-0.4, -0.2) is 23.7 Å². The van der Waals surface area contributed by atoms with Crippen molar-refractivity contribution in [1.29, 1.82) is 0 Å². The number of hydrogen-bond donors (Lipinski definition) is 1. The summed E-state index contributed by atoms with van der Waals surface area (Å²) in [6, 6.07) is 25.5. The highest BCUT2D eigenvalue weighted by Gasteiger charge is 2.43. The highest BCUT2D eigenvalue weighted by molar-refractivity contribution is 6.30. The van der Waals surface area contributed by atoms with Crippen LogP contribution < -0.4 is 5.32 Å². The first-order valence-corrected chi connectivity index (χ1v) is 12.5. The van der Waals surface area contributed by atoms with Crippen molar-refractivity contribution in [2.24, 2.45) is 5.92 Å². The van der Waals surface area contributed by atoms with Gasteiger partial charge >= 0.3 is 12.1 Å². The van der Waals surface area contributed by atoms with Gasteiger partial charge in [-0.25, -0.2) is 9.59 Å². The summed E-state index contributed by atoms with van der Waals surface area (Å²) in [5.41, 5.74) is 0.303. The molecule has 0 aliphatic heterocycles. The van der Waals surface area contributed by atoms with Gasteiger partial charge in [0.1, 0.15) is 11.6 Å². The third kappa shape index (κ3) is 6.46. The molecule has 1 amide bonds. The molecule has 0 unspecified atom stereocenters. The van der Waals surface area contributed by atoms with E-state index in [2.05, 4.69) is 5.32 Å². The molecule has 36 heavy (non-hydrogen) atoms. The van der Waals surface area contributed by atoms with Gasteiger partial charge in [0.25, 0.3) is 0 Å². The maximum atomic E-state index is 13.9. The van der Waals surface area contributed by atoms with E-state index < -0.39 is 29.3 Å². The summed E-state index contributed by atoms with van der Waals surface area (Å²) >= 11 is 6.21. The standard InChI is InChI=1S/C30H34ClNO4/c1-6-21(2)26(32-28(34)36-29(3,4)5)27(33)35-30(22-13-9-7-10-14-22,23-15-11-8-12-16-23)24-17-19-25(31)20-18-24/h7-21,26H,6H2,1-5H3,(H,32,34)/t21-,26-/m0/s1. The molecule has 3 aromatic rings. The molecule has 0 saturated heterocycles. The van der Waals surface area contributed by atoms with Gasteiger partial charge in [0.15, 0.2) is 5.60 Å². The zero-order chi connectivity index (χ0) is 26.3. The number of benzene rings is 3. The number of nitrogens with one attached hydrogen (secondary N) is 1. The number of halogens is 1. The molecule has 3 rings (SSSR count). The topological polar surface area (TPSA) is 64.6 Å². The average molecular weight is 508 g/mol. The van der Waals surface area contributed by atoms with Crippen LogP contribution in [0.25, 0.3) is 0 Å². The van der Waals surface area contributed by atoms with Crippen LogP contribution in [0.5, 0.6) is 0 Å². The molecule has 1 N–H and O–H groups in total. The largest absolute Gasteiger partial charge is 0.444 e. The maximum Gasteiger partial charge on any atom is 0.408 e. The Morgan fingerprint density at radius 1 is 0.806 bits per heavy atom. The Morgan fingerprint density at radius 3 is 1.72 bits per heavy atom. The van der Waals surface area contributed by atoms with Crippen LogP contribution in [0.2, 0.25) is 5.02 Å².